The van der Waals surface area contributed by atoms with Gasteiger partial charge in [0, 0.05) is 31.7 Å². The lowest BCUT2D eigenvalue weighted by atomic mass is 10.1. The Bertz CT molecular complexity index is 1120. The molecule has 0 radical (unpaired) electrons. The molecule has 9 heteroatoms. The summed E-state index contributed by atoms with van der Waals surface area (Å²) in [5.74, 6) is -0.643. The predicted octanol–water partition coefficient (Wildman–Crippen LogP) is 2.50. The highest BCUT2D eigenvalue weighted by molar-refractivity contribution is 7.89. The lowest BCUT2D eigenvalue weighted by Gasteiger charge is -2.27. The Hall–Kier alpha value is -2.75. The van der Waals surface area contributed by atoms with Crippen molar-refractivity contribution in [3.05, 3.63) is 59.2 Å². The number of ether oxygens (including phenoxy) is 1. The minimum atomic E-state index is -3.65. The third kappa shape index (κ3) is 4.55. The number of morpholine rings is 1. The molecule has 2 aromatic rings. The first-order valence-corrected chi connectivity index (χ1v) is 12.2. The van der Waals surface area contributed by atoms with Crippen molar-refractivity contribution in [3.63, 3.8) is 0 Å². The molecular formula is C23H27N3O5S. The van der Waals surface area contributed by atoms with Gasteiger partial charge in [-0.05, 0) is 49.6 Å². The van der Waals surface area contributed by atoms with E-state index in [2.05, 4.69) is 5.32 Å². The molecule has 32 heavy (non-hydrogen) atoms. The van der Waals surface area contributed by atoms with E-state index in [0.29, 0.717) is 56.2 Å². The number of rotatable bonds is 5. The smallest absolute Gasteiger partial charge is 0.256 e. The number of carbonyl (C=O) groups is 2. The zero-order valence-electron chi connectivity index (χ0n) is 18.0. The lowest BCUT2D eigenvalue weighted by molar-refractivity contribution is 0.0303. The van der Waals surface area contributed by atoms with Gasteiger partial charge in [0.25, 0.3) is 11.8 Å². The molecule has 2 amide bonds. The van der Waals surface area contributed by atoms with Gasteiger partial charge in [-0.1, -0.05) is 18.2 Å². The van der Waals surface area contributed by atoms with E-state index in [1.54, 1.807) is 48.2 Å². The third-order valence-corrected chi connectivity index (χ3v) is 7.88. The van der Waals surface area contributed by atoms with Crippen LogP contribution in [0, 0.1) is 6.92 Å². The van der Waals surface area contributed by atoms with Crippen molar-refractivity contribution in [2.75, 3.05) is 44.7 Å². The standard InChI is InChI=1S/C23H27N3O5S/c1-17-8-9-18(16-21(17)32(29,30)26-10-4-5-11-26)22(27)24-20-7-3-2-6-19(20)23(28)25-12-14-31-15-13-25/h2-3,6-9,16H,4-5,10-15H2,1H3,(H,24,27). The van der Waals surface area contributed by atoms with Gasteiger partial charge in [-0.15, -0.1) is 0 Å². The average molecular weight is 458 g/mol. The van der Waals surface area contributed by atoms with Crippen LogP contribution in [-0.4, -0.2) is 68.8 Å². The number of benzene rings is 2. The van der Waals surface area contributed by atoms with Gasteiger partial charge in [-0.2, -0.15) is 4.31 Å². The normalized spacial score (nSPS) is 17.3. The molecule has 2 fully saturated rings. The van der Waals surface area contributed by atoms with Crippen LogP contribution in [0.3, 0.4) is 0 Å². The number of para-hydroxylation sites is 1. The first kappa shape index (κ1) is 22.4. The van der Waals surface area contributed by atoms with Crippen molar-refractivity contribution >= 4 is 27.5 Å². The number of nitrogens with one attached hydrogen (secondary N) is 1. The maximum absolute atomic E-state index is 13.0. The number of amides is 2. The van der Waals surface area contributed by atoms with Crippen LogP contribution in [0.1, 0.15) is 39.1 Å². The SMILES string of the molecule is Cc1ccc(C(=O)Nc2ccccc2C(=O)N2CCOCC2)cc1S(=O)(=O)N1CCCC1. The zero-order valence-corrected chi connectivity index (χ0v) is 18.9. The Labute approximate surface area is 188 Å². The summed E-state index contributed by atoms with van der Waals surface area (Å²) in [6, 6.07) is 11.5. The molecule has 2 heterocycles. The molecule has 1 N–H and O–H groups in total. The van der Waals surface area contributed by atoms with Gasteiger partial charge < -0.3 is 15.0 Å². The molecule has 0 spiro atoms. The quantitative estimate of drug-likeness (QED) is 0.744. The first-order valence-electron chi connectivity index (χ1n) is 10.8. The molecule has 0 unspecified atom stereocenters. The van der Waals surface area contributed by atoms with E-state index in [9.17, 15) is 18.0 Å². The molecule has 0 aromatic heterocycles. The Morgan fingerprint density at radius 2 is 1.66 bits per heavy atom. The highest BCUT2D eigenvalue weighted by atomic mass is 32.2. The summed E-state index contributed by atoms with van der Waals surface area (Å²) in [6.07, 6.45) is 1.68. The minimum absolute atomic E-state index is 0.143. The van der Waals surface area contributed by atoms with Gasteiger partial charge in [0.15, 0.2) is 0 Å². The molecule has 0 bridgehead atoms. The topological polar surface area (TPSA) is 96.0 Å². The maximum Gasteiger partial charge on any atom is 0.256 e. The molecule has 4 rings (SSSR count). The average Bonchev–Trinajstić information content (AvgIpc) is 3.36. The van der Waals surface area contributed by atoms with Crippen LogP contribution in [0.25, 0.3) is 0 Å². The highest BCUT2D eigenvalue weighted by Gasteiger charge is 2.29. The third-order valence-electron chi connectivity index (χ3n) is 5.84. The highest BCUT2D eigenvalue weighted by Crippen LogP contribution is 2.25. The van der Waals surface area contributed by atoms with E-state index in [-0.39, 0.29) is 16.4 Å². The van der Waals surface area contributed by atoms with Crippen molar-refractivity contribution in [2.45, 2.75) is 24.7 Å². The number of carbonyl (C=O) groups excluding carboxylic acids is 2. The summed E-state index contributed by atoms with van der Waals surface area (Å²) >= 11 is 0. The lowest BCUT2D eigenvalue weighted by Crippen LogP contribution is -2.41. The van der Waals surface area contributed by atoms with E-state index < -0.39 is 15.9 Å². The molecule has 2 saturated heterocycles. The van der Waals surface area contributed by atoms with Gasteiger partial charge in [0.1, 0.15) is 0 Å². The van der Waals surface area contributed by atoms with Gasteiger partial charge in [0.2, 0.25) is 10.0 Å². The van der Waals surface area contributed by atoms with Crippen molar-refractivity contribution in [3.8, 4) is 0 Å². The van der Waals surface area contributed by atoms with Gasteiger partial charge in [0.05, 0.1) is 29.4 Å². The Morgan fingerprint density at radius 3 is 2.38 bits per heavy atom. The van der Waals surface area contributed by atoms with Crippen molar-refractivity contribution in [1.82, 2.24) is 9.21 Å². The van der Waals surface area contributed by atoms with Crippen LogP contribution in [0.4, 0.5) is 5.69 Å². The second kappa shape index (κ2) is 9.40. The Balaban J connectivity index is 1.58. The summed E-state index contributed by atoms with van der Waals surface area (Å²) in [7, 11) is -3.65. The van der Waals surface area contributed by atoms with Gasteiger partial charge in [-0.25, -0.2) is 8.42 Å². The molecule has 0 aliphatic carbocycles. The monoisotopic (exact) mass is 457 g/mol. The minimum Gasteiger partial charge on any atom is -0.378 e. The number of nitrogens with zero attached hydrogens (tertiary/aromatic N) is 2. The van der Waals surface area contributed by atoms with E-state index in [0.717, 1.165) is 12.8 Å². The Kier molecular flexibility index (Phi) is 6.59. The summed E-state index contributed by atoms with van der Waals surface area (Å²) < 4.78 is 32.9. The largest absolute Gasteiger partial charge is 0.378 e. The first-order chi connectivity index (χ1) is 15.4. The molecule has 0 saturated carbocycles. The van der Waals surface area contributed by atoms with Crippen molar-refractivity contribution in [2.24, 2.45) is 0 Å². The van der Waals surface area contributed by atoms with Crippen LogP contribution >= 0.6 is 0 Å². The number of aryl methyl sites for hydroxylation is 1. The fourth-order valence-corrected chi connectivity index (χ4v) is 5.76. The number of sulfonamides is 1. The van der Waals surface area contributed by atoms with E-state index in [1.165, 1.54) is 10.4 Å². The van der Waals surface area contributed by atoms with Crippen molar-refractivity contribution in [1.29, 1.82) is 0 Å². The van der Waals surface area contributed by atoms with Gasteiger partial charge in [-0.3, -0.25) is 9.59 Å². The fraction of sp³-hybridized carbons (Fsp3) is 0.391. The van der Waals surface area contributed by atoms with E-state index >= 15 is 0 Å². The van der Waals surface area contributed by atoms with Crippen LogP contribution < -0.4 is 5.32 Å². The molecular weight excluding hydrogens is 430 g/mol. The Morgan fingerprint density at radius 1 is 0.969 bits per heavy atom. The number of hydrogen-bond acceptors (Lipinski definition) is 5. The second-order valence-corrected chi connectivity index (χ2v) is 9.90. The van der Waals surface area contributed by atoms with E-state index in [4.69, 9.17) is 4.74 Å². The second-order valence-electron chi connectivity index (χ2n) is 8.00. The number of hydrogen-bond donors (Lipinski definition) is 1. The summed E-state index contributed by atoms with van der Waals surface area (Å²) in [4.78, 5) is 27.8. The zero-order chi connectivity index (χ0) is 22.7. The van der Waals surface area contributed by atoms with Gasteiger partial charge >= 0.3 is 0 Å². The number of anilines is 1. The molecule has 2 aliphatic heterocycles. The molecule has 2 aliphatic rings. The van der Waals surface area contributed by atoms with Crippen molar-refractivity contribution < 1.29 is 22.7 Å². The maximum atomic E-state index is 13.0. The predicted molar refractivity (Wildman–Crippen MR) is 120 cm³/mol. The summed E-state index contributed by atoms with van der Waals surface area (Å²) in [6.45, 7) is 4.68. The molecule has 8 nitrogen and oxygen atoms in total. The van der Waals surface area contributed by atoms with E-state index in [1.807, 2.05) is 0 Å². The molecule has 170 valence electrons. The summed E-state index contributed by atoms with van der Waals surface area (Å²) in [5, 5.41) is 2.79. The van der Waals surface area contributed by atoms with Crippen LogP contribution in [-0.2, 0) is 14.8 Å². The van der Waals surface area contributed by atoms with Crippen LogP contribution in [0.5, 0.6) is 0 Å². The van der Waals surface area contributed by atoms with Crippen LogP contribution in [0.15, 0.2) is 47.4 Å². The molecule has 0 atom stereocenters. The molecule has 2 aromatic carbocycles. The fourth-order valence-electron chi connectivity index (χ4n) is 4.00. The van der Waals surface area contributed by atoms with Crippen LogP contribution in [0.2, 0.25) is 0 Å². The summed E-state index contributed by atoms with van der Waals surface area (Å²) in [5.41, 5.74) is 1.59.